The average Bonchev–Trinajstić information content (AvgIpc) is 2.99. The Balaban J connectivity index is 1.60. The molecule has 6 heteroatoms. The summed E-state index contributed by atoms with van der Waals surface area (Å²) in [5.41, 5.74) is 4.84. The Morgan fingerprint density at radius 1 is 1.52 bits per heavy atom. The lowest BCUT2D eigenvalue weighted by Crippen LogP contribution is -2.26. The van der Waals surface area contributed by atoms with Crippen LogP contribution in [0.25, 0.3) is 0 Å². The standard InChI is InChI=1S/C15H17N3O2S/c1-10(16-5-4-12-8-21-9-17-12)11-2-3-14-13(6-11)18-15(19)7-20-14/h2-3,6,8-10,16H,4-5,7H2,1H3,(H,18,19). The van der Waals surface area contributed by atoms with Crippen molar-refractivity contribution in [3.05, 3.63) is 40.3 Å². The van der Waals surface area contributed by atoms with Crippen molar-refractivity contribution < 1.29 is 9.53 Å². The maximum atomic E-state index is 11.4. The maximum absolute atomic E-state index is 11.4. The number of ether oxygens (including phenoxy) is 1. The average molecular weight is 303 g/mol. The molecule has 1 aromatic heterocycles. The van der Waals surface area contributed by atoms with E-state index in [0.29, 0.717) is 0 Å². The molecule has 0 saturated carbocycles. The van der Waals surface area contributed by atoms with Crippen LogP contribution in [0.15, 0.2) is 29.1 Å². The van der Waals surface area contributed by atoms with Crippen molar-refractivity contribution in [2.75, 3.05) is 18.5 Å². The van der Waals surface area contributed by atoms with Gasteiger partial charge in [-0.2, -0.15) is 0 Å². The fraction of sp³-hybridized carbons (Fsp3) is 0.333. The quantitative estimate of drug-likeness (QED) is 0.890. The molecule has 2 heterocycles. The molecule has 5 nitrogen and oxygen atoms in total. The van der Waals surface area contributed by atoms with E-state index in [0.717, 1.165) is 35.7 Å². The van der Waals surface area contributed by atoms with E-state index in [1.54, 1.807) is 11.3 Å². The molecule has 1 amide bonds. The second-order valence-electron chi connectivity index (χ2n) is 5.00. The molecular formula is C15H17N3O2S. The molecule has 1 aliphatic rings. The molecule has 1 unspecified atom stereocenters. The number of benzene rings is 1. The maximum Gasteiger partial charge on any atom is 0.262 e. The zero-order valence-electron chi connectivity index (χ0n) is 11.8. The second-order valence-corrected chi connectivity index (χ2v) is 5.72. The molecule has 21 heavy (non-hydrogen) atoms. The molecule has 110 valence electrons. The van der Waals surface area contributed by atoms with Crippen molar-refractivity contribution in [3.63, 3.8) is 0 Å². The van der Waals surface area contributed by atoms with E-state index in [1.165, 1.54) is 0 Å². The van der Waals surface area contributed by atoms with E-state index < -0.39 is 0 Å². The predicted octanol–water partition coefficient (Wildman–Crippen LogP) is 2.37. The molecule has 0 fully saturated rings. The van der Waals surface area contributed by atoms with Gasteiger partial charge in [-0.15, -0.1) is 11.3 Å². The number of nitrogens with one attached hydrogen (secondary N) is 2. The lowest BCUT2D eigenvalue weighted by atomic mass is 10.1. The van der Waals surface area contributed by atoms with Gasteiger partial charge in [0.15, 0.2) is 6.61 Å². The van der Waals surface area contributed by atoms with Gasteiger partial charge in [-0.05, 0) is 24.6 Å². The van der Waals surface area contributed by atoms with Gasteiger partial charge in [-0.3, -0.25) is 4.79 Å². The SMILES string of the molecule is CC(NCCc1cscn1)c1ccc2c(c1)NC(=O)CO2. The van der Waals surface area contributed by atoms with Crippen LogP contribution in [0.1, 0.15) is 24.2 Å². The van der Waals surface area contributed by atoms with Crippen LogP contribution in [0.4, 0.5) is 5.69 Å². The van der Waals surface area contributed by atoms with E-state index in [9.17, 15) is 4.79 Å². The van der Waals surface area contributed by atoms with Crippen molar-refractivity contribution in [2.24, 2.45) is 0 Å². The summed E-state index contributed by atoms with van der Waals surface area (Å²) in [5.74, 6) is 0.622. The number of hydrogen-bond donors (Lipinski definition) is 2. The van der Waals surface area contributed by atoms with Crippen molar-refractivity contribution in [1.82, 2.24) is 10.3 Å². The van der Waals surface area contributed by atoms with Gasteiger partial charge in [0.2, 0.25) is 0 Å². The molecule has 1 aromatic carbocycles. The van der Waals surface area contributed by atoms with Gasteiger partial charge in [0.1, 0.15) is 5.75 Å². The van der Waals surface area contributed by atoms with E-state index in [1.807, 2.05) is 23.7 Å². The number of amides is 1. The van der Waals surface area contributed by atoms with Crippen molar-refractivity contribution in [1.29, 1.82) is 0 Å². The molecule has 3 rings (SSSR count). The largest absolute Gasteiger partial charge is 0.482 e. The monoisotopic (exact) mass is 303 g/mol. The minimum Gasteiger partial charge on any atom is -0.482 e. The Hall–Kier alpha value is -1.92. The van der Waals surface area contributed by atoms with Crippen LogP contribution in [-0.4, -0.2) is 24.0 Å². The third-order valence-corrected chi connectivity index (χ3v) is 4.09. The van der Waals surface area contributed by atoms with Crippen molar-refractivity contribution >= 4 is 22.9 Å². The van der Waals surface area contributed by atoms with Crippen LogP contribution in [-0.2, 0) is 11.2 Å². The van der Waals surface area contributed by atoms with Crippen LogP contribution in [0.5, 0.6) is 5.75 Å². The Kier molecular flexibility index (Phi) is 4.17. The Morgan fingerprint density at radius 2 is 2.43 bits per heavy atom. The number of rotatable bonds is 5. The van der Waals surface area contributed by atoms with Gasteiger partial charge in [-0.25, -0.2) is 4.98 Å². The predicted molar refractivity (Wildman–Crippen MR) is 82.8 cm³/mol. The minimum atomic E-state index is -0.108. The first-order valence-electron chi connectivity index (χ1n) is 6.89. The van der Waals surface area contributed by atoms with Gasteiger partial charge >= 0.3 is 0 Å². The van der Waals surface area contributed by atoms with Crippen LogP contribution in [0.2, 0.25) is 0 Å². The third-order valence-electron chi connectivity index (χ3n) is 3.45. The van der Waals surface area contributed by atoms with E-state index in [4.69, 9.17) is 4.74 Å². The zero-order valence-corrected chi connectivity index (χ0v) is 12.6. The number of anilines is 1. The number of aromatic nitrogens is 1. The molecule has 0 bridgehead atoms. The number of thiazole rings is 1. The number of hydrogen-bond acceptors (Lipinski definition) is 5. The Bertz CT molecular complexity index is 628. The van der Waals surface area contributed by atoms with Crippen LogP contribution >= 0.6 is 11.3 Å². The third kappa shape index (κ3) is 3.40. The summed E-state index contributed by atoms with van der Waals surface area (Å²) in [7, 11) is 0. The lowest BCUT2D eigenvalue weighted by Gasteiger charge is -2.21. The molecule has 0 saturated heterocycles. The van der Waals surface area contributed by atoms with E-state index in [-0.39, 0.29) is 18.6 Å². The normalized spacial score (nSPS) is 15.0. The van der Waals surface area contributed by atoms with E-state index >= 15 is 0 Å². The zero-order chi connectivity index (χ0) is 14.7. The Morgan fingerprint density at radius 3 is 3.24 bits per heavy atom. The van der Waals surface area contributed by atoms with Crippen molar-refractivity contribution in [2.45, 2.75) is 19.4 Å². The molecule has 0 spiro atoms. The first kappa shape index (κ1) is 14.0. The number of carbonyl (C=O) groups is 1. The first-order chi connectivity index (χ1) is 10.2. The van der Waals surface area contributed by atoms with Crippen LogP contribution in [0.3, 0.4) is 0 Å². The molecule has 1 aliphatic heterocycles. The van der Waals surface area contributed by atoms with Gasteiger partial charge in [-0.1, -0.05) is 6.07 Å². The molecule has 0 aliphatic carbocycles. The van der Waals surface area contributed by atoms with Gasteiger partial charge in [0, 0.05) is 24.4 Å². The summed E-state index contributed by atoms with van der Waals surface area (Å²) in [6, 6.07) is 6.10. The highest BCUT2D eigenvalue weighted by molar-refractivity contribution is 7.07. The smallest absolute Gasteiger partial charge is 0.262 e. The molecular weight excluding hydrogens is 286 g/mol. The summed E-state index contributed by atoms with van der Waals surface area (Å²) in [5, 5.41) is 8.37. The fourth-order valence-corrected chi connectivity index (χ4v) is 2.86. The van der Waals surface area contributed by atoms with Crippen molar-refractivity contribution in [3.8, 4) is 5.75 Å². The molecule has 2 aromatic rings. The van der Waals surface area contributed by atoms with Gasteiger partial charge < -0.3 is 15.4 Å². The number of carbonyl (C=O) groups excluding carboxylic acids is 1. The fourth-order valence-electron chi connectivity index (χ4n) is 2.27. The summed E-state index contributed by atoms with van der Waals surface area (Å²) in [6.07, 6.45) is 0.915. The lowest BCUT2D eigenvalue weighted by molar-refractivity contribution is -0.118. The van der Waals surface area contributed by atoms with Crippen LogP contribution < -0.4 is 15.4 Å². The highest BCUT2D eigenvalue weighted by Gasteiger charge is 2.17. The summed E-state index contributed by atoms with van der Waals surface area (Å²) >= 11 is 1.62. The highest BCUT2D eigenvalue weighted by Crippen LogP contribution is 2.30. The summed E-state index contributed by atoms with van der Waals surface area (Å²) in [6.45, 7) is 3.06. The highest BCUT2D eigenvalue weighted by atomic mass is 32.1. The van der Waals surface area contributed by atoms with Gasteiger partial charge in [0.25, 0.3) is 5.91 Å². The topological polar surface area (TPSA) is 63.2 Å². The number of fused-ring (bicyclic) bond motifs is 1. The van der Waals surface area contributed by atoms with Crippen LogP contribution in [0, 0.1) is 0 Å². The molecule has 1 atom stereocenters. The minimum absolute atomic E-state index is 0.0911. The summed E-state index contributed by atoms with van der Waals surface area (Å²) < 4.78 is 5.36. The van der Waals surface area contributed by atoms with Gasteiger partial charge in [0.05, 0.1) is 16.9 Å². The van der Waals surface area contributed by atoms with E-state index in [2.05, 4.69) is 27.9 Å². The molecule has 2 N–H and O–H groups in total. The second kappa shape index (κ2) is 6.24. The Labute approximate surface area is 127 Å². The number of nitrogens with zero attached hydrogens (tertiary/aromatic N) is 1. The first-order valence-corrected chi connectivity index (χ1v) is 7.84. The summed E-state index contributed by atoms with van der Waals surface area (Å²) in [4.78, 5) is 15.6. The molecule has 0 radical (unpaired) electrons.